The van der Waals surface area contributed by atoms with Gasteiger partial charge in [0.2, 0.25) is 0 Å². The molecule has 0 saturated heterocycles. The van der Waals surface area contributed by atoms with Crippen LogP contribution in [0.3, 0.4) is 0 Å². The van der Waals surface area contributed by atoms with Crippen molar-refractivity contribution in [3.05, 3.63) is 71.9 Å². The minimum Gasteiger partial charge on any atom is -0.322 e. The third kappa shape index (κ3) is 3.58. The quantitative estimate of drug-likeness (QED) is 0.805. The predicted molar refractivity (Wildman–Crippen MR) is 89.1 cm³/mol. The van der Waals surface area contributed by atoms with Crippen LogP contribution in [-0.4, -0.2) is 20.9 Å². The molecule has 0 unspecified atom stereocenters. The van der Waals surface area contributed by atoms with E-state index in [-0.39, 0.29) is 5.91 Å². The Bertz CT molecular complexity index is 809. The van der Waals surface area contributed by atoms with Gasteiger partial charge in [-0.1, -0.05) is 6.07 Å². The smallest absolute Gasteiger partial charge is 0.257 e. The van der Waals surface area contributed by atoms with Crippen LogP contribution in [0.2, 0.25) is 0 Å². The Morgan fingerprint density at radius 1 is 0.957 bits per heavy atom. The van der Waals surface area contributed by atoms with Gasteiger partial charge in [0.25, 0.3) is 5.91 Å². The maximum absolute atomic E-state index is 12.3. The van der Waals surface area contributed by atoms with Crippen LogP contribution in [-0.2, 0) is 0 Å². The highest BCUT2D eigenvalue weighted by Gasteiger charge is 2.08. The minimum absolute atomic E-state index is 0.182. The Labute approximate surface area is 134 Å². The first-order chi connectivity index (χ1) is 11.1. The first-order valence-corrected chi connectivity index (χ1v) is 7.23. The molecule has 0 fully saturated rings. The van der Waals surface area contributed by atoms with E-state index in [9.17, 15) is 4.79 Å². The number of carbonyl (C=O) groups excluding carboxylic acids is 1. The molecule has 2 heterocycles. The fourth-order valence-electron chi connectivity index (χ4n) is 2.38. The van der Waals surface area contributed by atoms with Crippen LogP contribution >= 0.6 is 0 Å². The summed E-state index contributed by atoms with van der Waals surface area (Å²) in [5.41, 5.74) is 5.05. The van der Waals surface area contributed by atoms with E-state index in [2.05, 4.69) is 26.3 Å². The van der Waals surface area contributed by atoms with Gasteiger partial charge in [0.05, 0.1) is 11.3 Å². The van der Waals surface area contributed by atoms with Gasteiger partial charge in [-0.25, -0.2) is 9.97 Å². The number of carbonyl (C=O) groups is 1. The Balaban J connectivity index is 1.78. The molecule has 2 aromatic heterocycles. The van der Waals surface area contributed by atoms with Crippen molar-refractivity contribution in [3.63, 3.8) is 0 Å². The minimum atomic E-state index is -0.182. The van der Waals surface area contributed by atoms with Crippen molar-refractivity contribution in [1.82, 2.24) is 15.0 Å². The van der Waals surface area contributed by atoms with E-state index in [1.54, 1.807) is 30.7 Å². The van der Waals surface area contributed by atoms with E-state index in [0.717, 1.165) is 28.1 Å². The van der Waals surface area contributed by atoms with Crippen molar-refractivity contribution in [2.75, 3.05) is 5.32 Å². The molecule has 3 aromatic rings. The van der Waals surface area contributed by atoms with Crippen molar-refractivity contribution in [2.45, 2.75) is 13.8 Å². The summed E-state index contributed by atoms with van der Waals surface area (Å²) in [4.78, 5) is 24.5. The summed E-state index contributed by atoms with van der Waals surface area (Å²) in [5, 5.41) is 2.90. The van der Waals surface area contributed by atoms with Crippen molar-refractivity contribution in [2.24, 2.45) is 0 Å². The van der Waals surface area contributed by atoms with Crippen LogP contribution < -0.4 is 5.32 Å². The first-order valence-electron chi connectivity index (χ1n) is 7.23. The van der Waals surface area contributed by atoms with Gasteiger partial charge >= 0.3 is 0 Å². The highest BCUT2D eigenvalue weighted by atomic mass is 16.1. The van der Waals surface area contributed by atoms with Gasteiger partial charge in [0.1, 0.15) is 6.33 Å². The molecule has 3 rings (SSSR count). The molecule has 0 saturated carbocycles. The van der Waals surface area contributed by atoms with E-state index >= 15 is 0 Å². The number of nitrogens with zero attached hydrogens (tertiary/aromatic N) is 3. The summed E-state index contributed by atoms with van der Waals surface area (Å²) in [6.07, 6.45) is 6.39. The lowest BCUT2D eigenvalue weighted by Gasteiger charge is -2.08. The zero-order chi connectivity index (χ0) is 16.2. The molecule has 0 aliphatic heterocycles. The van der Waals surface area contributed by atoms with Gasteiger partial charge in [-0.2, -0.15) is 0 Å². The molecule has 5 heteroatoms. The summed E-state index contributed by atoms with van der Waals surface area (Å²) in [5.74, 6) is -0.182. The molecule has 0 bridgehead atoms. The van der Waals surface area contributed by atoms with Crippen LogP contribution in [0.4, 0.5) is 5.69 Å². The Morgan fingerprint density at radius 3 is 2.26 bits per heavy atom. The number of hydrogen-bond acceptors (Lipinski definition) is 4. The topological polar surface area (TPSA) is 67.8 Å². The lowest BCUT2D eigenvalue weighted by Crippen LogP contribution is -2.12. The van der Waals surface area contributed by atoms with Crippen LogP contribution in [0.5, 0.6) is 0 Å². The summed E-state index contributed by atoms with van der Waals surface area (Å²) in [6.45, 7) is 4.00. The zero-order valence-corrected chi connectivity index (χ0v) is 12.9. The summed E-state index contributed by atoms with van der Waals surface area (Å²) in [7, 11) is 0. The first kappa shape index (κ1) is 14.8. The second-order valence-electron chi connectivity index (χ2n) is 5.39. The molecule has 1 amide bonds. The molecule has 0 spiro atoms. The highest BCUT2D eigenvalue weighted by Crippen LogP contribution is 2.17. The molecule has 1 N–H and O–H groups in total. The molecule has 0 aliphatic carbocycles. The average Bonchev–Trinajstić information content (AvgIpc) is 2.55. The van der Waals surface area contributed by atoms with Crippen molar-refractivity contribution in [1.29, 1.82) is 0 Å². The number of rotatable bonds is 3. The van der Waals surface area contributed by atoms with Crippen molar-refractivity contribution >= 4 is 11.6 Å². The maximum atomic E-state index is 12.3. The number of aryl methyl sites for hydroxylation is 2. The zero-order valence-electron chi connectivity index (χ0n) is 12.9. The summed E-state index contributed by atoms with van der Waals surface area (Å²) < 4.78 is 0. The third-order valence-electron chi connectivity index (χ3n) is 3.36. The van der Waals surface area contributed by atoms with E-state index in [1.807, 2.05) is 26.0 Å². The SMILES string of the molecule is Cc1cc(C)cc(NC(=O)c2ccc(-c3cncnc3)nc2)c1. The number of pyridine rings is 1. The monoisotopic (exact) mass is 304 g/mol. The van der Waals surface area contributed by atoms with Gasteiger partial charge in [-0.3, -0.25) is 9.78 Å². The standard InChI is InChI=1S/C18H16N4O/c1-12-5-13(2)7-16(6-12)22-18(23)14-3-4-17(21-10-14)15-8-19-11-20-9-15/h3-11H,1-2H3,(H,22,23). The van der Waals surface area contributed by atoms with Crippen molar-refractivity contribution in [3.8, 4) is 11.3 Å². The van der Waals surface area contributed by atoms with E-state index in [4.69, 9.17) is 0 Å². The number of benzene rings is 1. The fraction of sp³-hybridized carbons (Fsp3) is 0.111. The predicted octanol–water partition coefficient (Wildman–Crippen LogP) is 3.41. The normalized spacial score (nSPS) is 10.3. The molecule has 0 radical (unpaired) electrons. The Kier molecular flexibility index (Phi) is 4.10. The van der Waals surface area contributed by atoms with Crippen LogP contribution in [0.25, 0.3) is 11.3 Å². The van der Waals surface area contributed by atoms with Gasteiger partial charge in [-0.15, -0.1) is 0 Å². The van der Waals surface area contributed by atoms with Gasteiger partial charge < -0.3 is 5.32 Å². The lowest BCUT2D eigenvalue weighted by atomic mass is 10.1. The number of anilines is 1. The summed E-state index contributed by atoms with van der Waals surface area (Å²) in [6, 6.07) is 9.47. The molecule has 114 valence electrons. The average molecular weight is 304 g/mol. The number of aromatic nitrogens is 3. The van der Waals surface area contributed by atoms with Gasteiger partial charge in [0.15, 0.2) is 0 Å². The molecular weight excluding hydrogens is 288 g/mol. The Morgan fingerprint density at radius 2 is 1.65 bits per heavy atom. The lowest BCUT2D eigenvalue weighted by molar-refractivity contribution is 0.102. The number of nitrogens with one attached hydrogen (secondary N) is 1. The largest absolute Gasteiger partial charge is 0.322 e. The van der Waals surface area contributed by atoms with E-state index < -0.39 is 0 Å². The Hall–Kier alpha value is -3.08. The van der Waals surface area contributed by atoms with Crippen LogP contribution in [0.15, 0.2) is 55.2 Å². The summed E-state index contributed by atoms with van der Waals surface area (Å²) >= 11 is 0. The molecule has 0 aliphatic rings. The highest BCUT2D eigenvalue weighted by molar-refractivity contribution is 6.04. The van der Waals surface area contributed by atoms with E-state index in [0.29, 0.717) is 5.56 Å². The van der Waals surface area contributed by atoms with Gasteiger partial charge in [0, 0.05) is 29.8 Å². The molecule has 1 aromatic carbocycles. The fourth-order valence-corrected chi connectivity index (χ4v) is 2.38. The second kappa shape index (κ2) is 6.36. The molecule has 0 atom stereocenters. The van der Waals surface area contributed by atoms with Crippen LogP contribution in [0.1, 0.15) is 21.5 Å². The third-order valence-corrected chi connectivity index (χ3v) is 3.36. The second-order valence-corrected chi connectivity index (χ2v) is 5.39. The van der Waals surface area contributed by atoms with Crippen molar-refractivity contribution < 1.29 is 4.79 Å². The van der Waals surface area contributed by atoms with E-state index in [1.165, 1.54) is 6.33 Å². The molecule has 23 heavy (non-hydrogen) atoms. The maximum Gasteiger partial charge on any atom is 0.257 e. The van der Waals surface area contributed by atoms with Crippen LogP contribution in [0, 0.1) is 13.8 Å². The number of hydrogen-bond donors (Lipinski definition) is 1. The molecular formula is C18H16N4O. The number of amides is 1. The van der Waals surface area contributed by atoms with Gasteiger partial charge in [-0.05, 0) is 49.2 Å². The molecule has 5 nitrogen and oxygen atoms in total.